The molecular formula is C23H42O4. The second-order valence-corrected chi connectivity index (χ2v) is 6.95. The van der Waals surface area contributed by atoms with Crippen molar-refractivity contribution in [2.75, 3.05) is 13.2 Å². The van der Waals surface area contributed by atoms with Crippen LogP contribution in [0.2, 0.25) is 0 Å². The molecule has 4 nitrogen and oxygen atoms in total. The molecule has 27 heavy (non-hydrogen) atoms. The molecule has 4 heteroatoms. The van der Waals surface area contributed by atoms with E-state index in [1.54, 1.807) is 20.8 Å². The van der Waals surface area contributed by atoms with Gasteiger partial charge in [-0.1, -0.05) is 84.3 Å². The van der Waals surface area contributed by atoms with Crippen molar-refractivity contribution < 1.29 is 19.1 Å². The molecule has 0 aliphatic rings. The fourth-order valence-corrected chi connectivity index (χ4v) is 2.31. The molecule has 0 aliphatic carbocycles. The van der Waals surface area contributed by atoms with Gasteiger partial charge >= 0.3 is 11.9 Å². The summed E-state index contributed by atoms with van der Waals surface area (Å²) in [5.41, 5.74) is 0.940. The summed E-state index contributed by atoms with van der Waals surface area (Å²) in [7, 11) is 0. The Bertz CT molecular complexity index is 413. The quantitative estimate of drug-likeness (QED) is 0.183. The van der Waals surface area contributed by atoms with Crippen LogP contribution >= 0.6 is 0 Å². The van der Waals surface area contributed by atoms with Crippen molar-refractivity contribution in [3.63, 3.8) is 0 Å². The van der Waals surface area contributed by atoms with Gasteiger partial charge in [-0.25, -0.2) is 9.59 Å². The lowest BCUT2D eigenvalue weighted by Gasteiger charge is -2.04. The van der Waals surface area contributed by atoms with E-state index in [-0.39, 0.29) is 11.9 Å². The first-order chi connectivity index (χ1) is 12.9. The van der Waals surface area contributed by atoms with Crippen molar-refractivity contribution >= 4 is 11.9 Å². The fraction of sp³-hybridized carbons (Fsp3) is 0.739. The Balaban J connectivity index is 0. The van der Waals surface area contributed by atoms with Crippen molar-refractivity contribution in [3.8, 4) is 0 Å². The van der Waals surface area contributed by atoms with Gasteiger partial charge in [-0.2, -0.15) is 0 Å². The van der Waals surface area contributed by atoms with Crippen LogP contribution < -0.4 is 0 Å². The second-order valence-electron chi connectivity index (χ2n) is 6.95. The summed E-state index contributed by atoms with van der Waals surface area (Å²) >= 11 is 0. The van der Waals surface area contributed by atoms with E-state index in [2.05, 4.69) is 24.8 Å². The maximum atomic E-state index is 11.1. The van der Waals surface area contributed by atoms with Crippen LogP contribution in [0.1, 0.15) is 98.3 Å². The molecule has 0 spiro atoms. The number of carbonyl (C=O) groups is 2. The van der Waals surface area contributed by atoms with Gasteiger partial charge in [0.2, 0.25) is 0 Å². The Labute approximate surface area is 167 Å². The number of hydrogen-bond donors (Lipinski definition) is 0. The summed E-state index contributed by atoms with van der Waals surface area (Å²) < 4.78 is 9.61. The third kappa shape index (κ3) is 22.4. The van der Waals surface area contributed by atoms with E-state index in [4.69, 9.17) is 4.74 Å². The summed E-state index contributed by atoms with van der Waals surface area (Å²) in [6.07, 6.45) is 14.4. The highest BCUT2D eigenvalue weighted by Crippen LogP contribution is 2.11. The molecular weight excluding hydrogens is 340 g/mol. The monoisotopic (exact) mass is 382 g/mol. The Morgan fingerprint density at radius 1 is 0.630 bits per heavy atom. The van der Waals surface area contributed by atoms with E-state index < -0.39 is 0 Å². The Morgan fingerprint density at radius 3 is 1.33 bits per heavy atom. The van der Waals surface area contributed by atoms with Crippen molar-refractivity contribution in [2.24, 2.45) is 0 Å². The van der Waals surface area contributed by atoms with Crippen LogP contribution in [0.25, 0.3) is 0 Å². The van der Waals surface area contributed by atoms with Gasteiger partial charge in [-0.3, -0.25) is 0 Å². The number of esters is 2. The fourth-order valence-electron chi connectivity index (χ4n) is 2.31. The second kappa shape index (κ2) is 20.7. The van der Waals surface area contributed by atoms with Crippen molar-refractivity contribution in [2.45, 2.75) is 98.3 Å². The SMILES string of the molecule is C=C(C)C(=O)OCC.C=C(C)C(=O)OCCCCCCCCCCCCC. The largest absolute Gasteiger partial charge is 0.463 e. The Hall–Kier alpha value is -1.58. The molecule has 0 bridgehead atoms. The average molecular weight is 383 g/mol. The molecule has 0 amide bonds. The Morgan fingerprint density at radius 2 is 1.00 bits per heavy atom. The first-order valence-corrected chi connectivity index (χ1v) is 10.5. The molecule has 0 rings (SSSR count). The van der Waals surface area contributed by atoms with E-state index in [0.29, 0.717) is 24.4 Å². The number of carbonyl (C=O) groups excluding carboxylic acids is 2. The molecule has 0 fully saturated rings. The highest BCUT2D eigenvalue weighted by Gasteiger charge is 2.01. The van der Waals surface area contributed by atoms with Gasteiger partial charge in [0.1, 0.15) is 0 Å². The molecule has 0 saturated carbocycles. The molecule has 0 aromatic carbocycles. The zero-order valence-electron chi connectivity index (χ0n) is 18.2. The third-order valence-electron chi connectivity index (χ3n) is 3.95. The van der Waals surface area contributed by atoms with Crippen LogP contribution in [0.5, 0.6) is 0 Å². The van der Waals surface area contributed by atoms with Crippen LogP contribution in [0.4, 0.5) is 0 Å². The minimum Gasteiger partial charge on any atom is -0.463 e. The topological polar surface area (TPSA) is 52.6 Å². The molecule has 0 heterocycles. The van der Waals surface area contributed by atoms with Crippen LogP contribution in [0.15, 0.2) is 24.3 Å². The molecule has 0 saturated heterocycles. The average Bonchev–Trinajstić information content (AvgIpc) is 2.63. The minimum absolute atomic E-state index is 0.257. The smallest absolute Gasteiger partial charge is 0.333 e. The van der Waals surface area contributed by atoms with E-state index in [0.717, 1.165) is 6.42 Å². The standard InChI is InChI=1S/C17H32O2.C6H10O2/c1-4-5-6-7-8-9-10-11-12-13-14-15-19-17(18)16(2)3;1-4-8-6(7)5(2)3/h2,4-15H2,1,3H3;2,4H2,1,3H3. The molecule has 0 N–H and O–H groups in total. The van der Waals surface area contributed by atoms with Crippen molar-refractivity contribution in [3.05, 3.63) is 24.3 Å². The first kappa shape index (κ1) is 27.6. The molecule has 158 valence electrons. The normalized spacial score (nSPS) is 9.78. The van der Waals surface area contributed by atoms with Gasteiger partial charge in [0.25, 0.3) is 0 Å². The van der Waals surface area contributed by atoms with E-state index >= 15 is 0 Å². The maximum absolute atomic E-state index is 11.1. The third-order valence-corrected chi connectivity index (χ3v) is 3.95. The summed E-state index contributed by atoms with van der Waals surface area (Å²) in [4.78, 5) is 21.5. The van der Waals surface area contributed by atoms with Gasteiger partial charge in [-0.15, -0.1) is 0 Å². The molecule has 0 unspecified atom stereocenters. The molecule has 0 aliphatic heterocycles. The zero-order chi connectivity index (χ0) is 20.9. The lowest BCUT2D eigenvalue weighted by atomic mass is 10.1. The van der Waals surface area contributed by atoms with Gasteiger partial charge in [0.15, 0.2) is 0 Å². The van der Waals surface area contributed by atoms with Gasteiger partial charge in [0, 0.05) is 11.1 Å². The van der Waals surface area contributed by atoms with Crippen LogP contribution in [0.3, 0.4) is 0 Å². The summed E-state index contributed by atoms with van der Waals surface area (Å²) in [6, 6.07) is 0. The molecule has 0 atom stereocenters. The number of hydrogen-bond acceptors (Lipinski definition) is 4. The molecule has 0 aromatic heterocycles. The van der Waals surface area contributed by atoms with E-state index in [9.17, 15) is 9.59 Å². The lowest BCUT2D eigenvalue weighted by Crippen LogP contribution is -2.05. The highest BCUT2D eigenvalue weighted by molar-refractivity contribution is 5.87. The van der Waals surface area contributed by atoms with Crippen LogP contribution in [-0.2, 0) is 19.1 Å². The number of ether oxygens (including phenoxy) is 2. The number of rotatable bonds is 15. The predicted octanol–water partition coefficient (Wildman–Crippen LogP) is 6.54. The predicted molar refractivity (Wildman–Crippen MR) is 114 cm³/mol. The highest BCUT2D eigenvalue weighted by atomic mass is 16.5. The molecule has 0 radical (unpaired) electrons. The summed E-state index contributed by atoms with van der Waals surface area (Å²) in [5, 5.41) is 0. The number of unbranched alkanes of at least 4 members (excludes halogenated alkanes) is 10. The summed E-state index contributed by atoms with van der Waals surface area (Å²) in [6.45, 7) is 15.3. The first-order valence-electron chi connectivity index (χ1n) is 10.5. The zero-order valence-corrected chi connectivity index (χ0v) is 18.2. The van der Waals surface area contributed by atoms with Crippen LogP contribution in [0, 0.1) is 0 Å². The molecule has 0 aromatic rings. The van der Waals surface area contributed by atoms with Gasteiger partial charge < -0.3 is 9.47 Å². The van der Waals surface area contributed by atoms with E-state index in [1.165, 1.54) is 64.2 Å². The minimum atomic E-state index is -0.312. The van der Waals surface area contributed by atoms with Crippen molar-refractivity contribution in [1.29, 1.82) is 0 Å². The van der Waals surface area contributed by atoms with E-state index in [1.807, 2.05) is 0 Å². The van der Waals surface area contributed by atoms with Gasteiger partial charge in [0.05, 0.1) is 13.2 Å². The lowest BCUT2D eigenvalue weighted by molar-refractivity contribution is -0.139. The Kier molecular flexibility index (Phi) is 21.2. The van der Waals surface area contributed by atoms with Gasteiger partial charge in [-0.05, 0) is 27.2 Å². The van der Waals surface area contributed by atoms with Crippen molar-refractivity contribution in [1.82, 2.24) is 0 Å². The maximum Gasteiger partial charge on any atom is 0.333 e. The summed E-state index contributed by atoms with van der Waals surface area (Å²) in [5.74, 6) is -0.570. The van der Waals surface area contributed by atoms with Crippen LogP contribution in [-0.4, -0.2) is 25.2 Å².